The lowest BCUT2D eigenvalue weighted by molar-refractivity contribution is -0.128. The quantitative estimate of drug-likeness (QED) is 0.166. The summed E-state index contributed by atoms with van der Waals surface area (Å²) < 4.78 is 15.1. The summed E-state index contributed by atoms with van der Waals surface area (Å²) in [7, 11) is 0. The van der Waals surface area contributed by atoms with Crippen molar-refractivity contribution in [3.05, 3.63) is 48.5 Å². The summed E-state index contributed by atoms with van der Waals surface area (Å²) in [6.07, 6.45) is -0.882. The molecule has 0 saturated heterocycles. The molecule has 4 amide bonds. The number of benzene rings is 2. The van der Waals surface area contributed by atoms with Crippen LogP contribution in [0.5, 0.6) is 11.5 Å². The average molecular weight is 489 g/mol. The molecule has 0 heterocycles. The summed E-state index contributed by atoms with van der Waals surface area (Å²) in [5, 5.41) is 7.56. The van der Waals surface area contributed by atoms with Crippen LogP contribution in [0.4, 0.5) is 15.3 Å². The Kier molecular flexibility index (Phi) is 10.4. The van der Waals surface area contributed by atoms with E-state index in [0.717, 1.165) is 4.90 Å². The zero-order chi connectivity index (χ0) is 24.9. The monoisotopic (exact) mass is 488 g/mol. The van der Waals surface area contributed by atoms with Gasteiger partial charge in [-0.25, -0.2) is 9.59 Å². The Morgan fingerprint density at radius 2 is 1.44 bits per heavy atom. The van der Waals surface area contributed by atoms with Crippen LogP contribution in [0.2, 0.25) is 0 Å². The lowest BCUT2D eigenvalue weighted by atomic mass is 10.3. The minimum atomic E-state index is -1.13. The maximum atomic E-state index is 11.7. The van der Waals surface area contributed by atoms with Crippen molar-refractivity contribution >= 4 is 47.3 Å². The van der Waals surface area contributed by atoms with E-state index in [2.05, 4.69) is 15.3 Å². The number of carbonyl (C=O) groups excluding carboxylic acids is 4. The van der Waals surface area contributed by atoms with Gasteiger partial charge in [0, 0.05) is 11.8 Å². The number of anilines is 1. The van der Waals surface area contributed by atoms with E-state index in [1.165, 1.54) is 6.92 Å². The Morgan fingerprint density at radius 1 is 0.882 bits per heavy atom. The highest BCUT2D eigenvalue weighted by Crippen LogP contribution is 2.25. The zero-order valence-electron chi connectivity index (χ0n) is 18.7. The van der Waals surface area contributed by atoms with E-state index < -0.39 is 30.4 Å². The Labute approximate surface area is 200 Å². The smallest absolute Gasteiger partial charge is 0.420 e. The summed E-state index contributed by atoms with van der Waals surface area (Å²) in [6.45, 7) is 3.01. The van der Waals surface area contributed by atoms with Crippen molar-refractivity contribution < 1.29 is 33.4 Å². The Balaban J connectivity index is 1.77. The fourth-order valence-corrected chi connectivity index (χ4v) is 2.74. The molecule has 0 spiro atoms. The lowest BCUT2D eigenvalue weighted by Crippen LogP contribution is -2.38. The van der Waals surface area contributed by atoms with Gasteiger partial charge >= 0.3 is 12.2 Å². The normalized spacial score (nSPS) is 10.6. The number of imide groups is 2. The zero-order valence-corrected chi connectivity index (χ0v) is 19.6. The van der Waals surface area contributed by atoms with Crippen LogP contribution in [-0.2, 0) is 19.1 Å². The number of hydrogen-bond acceptors (Lipinski definition) is 10. The van der Waals surface area contributed by atoms with Crippen LogP contribution in [-0.4, -0.2) is 42.8 Å². The van der Waals surface area contributed by atoms with Crippen LogP contribution in [0, 0.1) is 0 Å². The van der Waals surface area contributed by atoms with Crippen molar-refractivity contribution in [1.29, 1.82) is 0 Å². The molecule has 3 N–H and O–H groups in total. The van der Waals surface area contributed by atoms with Crippen LogP contribution >= 0.6 is 11.8 Å². The number of rotatable bonds is 8. The number of thioether (sulfide) groups is 1. The third-order valence-corrected chi connectivity index (χ3v) is 4.56. The predicted molar refractivity (Wildman–Crippen MR) is 126 cm³/mol. The molecular formula is C22H24N4O7S. The molecule has 0 aliphatic carbocycles. The fraction of sp³-hybridized carbons (Fsp3) is 0.227. The topological polar surface area (TPSA) is 144 Å². The molecule has 0 fully saturated rings. The van der Waals surface area contributed by atoms with Crippen molar-refractivity contribution in [3.8, 4) is 11.5 Å². The summed E-state index contributed by atoms with van der Waals surface area (Å²) in [5.41, 5.74) is 3.30. The van der Waals surface area contributed by atoms with E-state index in [0.29, 0.717) is 17.2 Å². The number of alkyl carbamates (subject to hydrolysis) is 2. The number of ether oxygens (including phenoxy) is 3. The minimum absolute atomic E-state index is 0.0646. The largest absolute Gasteiger partial charge is 0.457 e. The standard InChI is InChI=1S/C22H24N4O7S/c1-4-31-21(29)23-19(27)13-20(28)24-22(30)32-14(2)25-26-15-5-7-16(8-6-15)33-17-9-11-18(34-3)12-10-17/h5-12,26H,4,13H2,1-3H3,(H,23,27,29)(H,24,28,30). The van der Waals surface area contributed by atoms with Gasteiger partial charge in [-0.15, -0.1) is 16.9 Å². The maximum Gasteiger partial charge on any atom is 0.420 e. The molecule has 0 atom stereocenters. The van der Waals surface area contributed by atoms with Gasteiger partial charge in [0.1, 0.15) is 17.9 Å². The van der Waals surface area contributed by atoms with Gasteiger partial charge in [0.15, 0.2) is 0 Å². The number of amides is 4. The van der Waals surface area contributed by atoms with Gasteiger partial charge in [-0.1, -0.05) is 0 Å². The van der Waals surface area contributed by atoms with E-state index in [9.17, 15) is 19.2 Å². The molecule has 2 aromatic carbocycles. The van der Waals surface area contributed by atoms with Crippen LogP contribution < -0.4 is 20.8 Å². The first-order chi connectivity index (χ1) is 16.3. The maximum absolute atomic E-state index is 11.7. The first-order valence-corrected chi connectivity index (χ1v) is 11.2. The first-order valence-electron chi connectivity index (χ1n) is 9.99. The molecule has 0 aliphatic heterocycles. The van der Waals surface area contributed by atoms with Gasteiger partial charge in [-0.05, 0) is 61.7 Å². The summed E-state index contributed by atoms with van der Waals surface area (Å²) >= 11 is 1.65. The molecule has 11 nitrogen and oxygen atoms in total. The van der Waals surface area contributed by atoms with E-state index in [-0.39, 0.29) is 12.5 Å². The first kappa shape index (κ1) is 26.2. The Morgan fingerprint density at radius 3 is 2.00 bits per heavy atom. The second-order valence-corrected chi connectivity index (χ2v) is 7.31. The number of nitrogens with zero attached hydrogens (tertiary/aromatic N) is 1. The molecule has 0 bridgehead atoms. The summed E-state index contributed by atoms with van der Waals surface area (Å²) in [4.78, 5) is 47.1. The highest BCUT2D eigenvalue weighted by molar-refractivity contribution is 7.98. The Hall–Kier alpha value is -4.06. The van der Waals surface area contributed by atoms with Gasteiger partial charge in [0.25, 0.3) is 0 Å². The predicted octanol–water partition coefficient (Wildman–Crippen LogP) is 3.86. The summed E-state index contributed by atoms with van der Waals surface area (Å²) in [6, 6.07) is 14.6. The minimum Gasteiger partial charge on any atom is -0.457 e. The average Bonchev–Trinajstić information content (AvgIpc) is 2.78. The second kappa shape index (κ2) is 13.5. The van der Waals surface area contributed by atoms with Crippen molar-refractivity contribution in [2.24, 2.45) is 5.10 Å². The fourth-order valence-electron chi connectivity index (χ4n) is 2.33. The molecular weight excluding hydrogens is 464 g/mol. The van der Waals surface area contributed by atoms with E-state index in [1.807, 2.05) is 41.2 Å². The lowest BCUT2D eigenvalue weighted by Gasteiger charge is -2.08. The van der Waals surface area contributed by atoms with Crippen molar-refractivity contribution in [2.75, 3.05) is 18.3 Å². The molecule has 2 rings (SSSR count). The highest BCUT2D eigenvalue weighted by atomic mass is 32.2. The van der Waals surface area contributed by atoms with E-state index in [1.54, 1.807) is 43.0 Å². The van der Waals surface area contributed by atoms with Gasteiger partial charge in [-0.3, -0.25) is 25.6 Å². The van der Waals surface area contributed by atoms with Crippen LogP contribution in [0.1, 0.15) is 20.3 Å². The van der Waals surface area contributed by atoms with E-state index >= 15 is 0 Å². The van der Waals surface area contributed by atoms with Crippen LogP contribution in [0.25, 0.3) is 0 Å². The highest BCUT2D eigenvalue weighted by Gasteiger charge is 2.16. The number of carbonyl (C=O) groups is 4. The van der Waals surface area contributed by atoms with Gasteiger partial charge < -0.3 is 14.2 Å². The molecule has 0 unspecified atom stereocenters. The third kappa shape index (κ3) is 9.61. The molecule has 0 saturated carbocycles. The molecule has 2 aromatic rings. The van der Waals surface area contributed by atoms with Gasteiger partial charge in [0.2, 0.25) is 17.7 Å². The molecule has 0 aliphatic rings. The molecule has 34 heavy (non-hydrogen) atoms. The third-order valence-electron chi connectivity index (χ3n) is 3.81. The van der Waals surface area contributed by atoms with Crippen molar-refractivity contribution in [3.63, 3.8) is 0 Å². The molecule has 12 heteroatoms. The van der Waals surface area contributed by atoms with E-state index in [4.69, 9.17) is 9.47 Å². The number of hydrazone groups is 1. The van der Waals surface area contributed by atoms with Crippen molar-refractivity contribution in [1.82, 2.24) is 10.6 Å². The molecule has 180 valence electrons. The van der Waals surface area contributed by atoms with Gasteiger partial charge in [-0.2, -0.15) is 0 Å². The number of hydrogen-bond donors (Lipinski definition) is 3. The van der Waals surface area contributed by atoms with Gasteiger partial charge in [0.05, 0.1) is 12.3 Å². The molecule has 0 radical (unpaired) electrons. The molecule has 0 aromatic heterocycles. The van der Waals surface area contributed by atoms with Crippen LogP contribution in [0.15, 0.2) is 58.5 Å². The summed E-state index contributed by atoms with van der Waals surface area (Å²) in [5.74, 6) is -0.647. The SMILES string of the molecule is CCOC(=O)NC(=O)CC(=O)NC(=O)OC(C)=NNc1ccc(Oc2ccc(SC)cc2)cc1. The van der Waals surface area contributed by atoms with Crippen LogP contribution in [0.3, 0.4) is 0 Å². The van der Waals surface area contributed by atoms with Crippen molar-refractivity contribution in [2.45, 2.75) is 25.2 Å². The second-order valence-electron chi connectivity index (χ2n) is 6.43. The Bertz CT molecular complexity index is 1040. The number of nitrogens with one attached hydrogen (secondary N) is 3.